The Morgan fingerprint density at radius 2 is 2.00 bits per heavy atom. The first-order valence-electron chi connectivity index (χ1n) is 6.29. The van der Waals surface area contributed by atoms with E-state index in [0.29, 0.717) is 5.82 Å². The van der Waals surface area contributed by atoms with Crippen molar-refractivity contribution in [3.8, 4) is 0 Å². The van der Waals surface area contributed by atoms with Gasteiger partial charge in [0, 0.05) is 5.54 Å². The summed E-state index contributed by atoms with van der Waals surface area (Å²) in [5, 5.41) is 22.2. The summed E-state index contributed by atoms with van der Waals surface area (Å²) in [4.78, 5) is 0. The molecule has 1 heterocycles. The number of oxime groups is 1. The van der Waals surface area contributed by atoms with Crippen molar-refractivity contribution in [3.05, 3.63) is 5.69 Å². The number of anilines is 1. The molecule has 19 heavy (non-hydrogen) atoms. The molecule has 4 N–H and O–H groups in total. The van der Waals surface area contributed by atoms with Gasteiger partial charge in [-0.15, -0.1) is 0 Å². The van der Waals surface area contributed by atoms with Gasteiger partial charge in [0.05, 0.1) is 0 Å². The number of rotatable bonds is 6. The van der Waals surface area contributed by atoms with Crippen molar-refractivity contribution in [1.82, 2.24) is 10.3 Å². The zero-order valence-electron chi connectivity index (χ0n) is 12.2. The van der Waals surface area contributed by atoms with Gasteiger partial charge in [0.25, 0.3) is 0 Å². The van der Waals surface area contributed by atoms with Crippen LogP contribution < -0.4 is 11.1 Å². The van der Waals surface area contributed by atoms with Gasteiger partial charge in [0.2, 0.25) is 5.82 Å². The monoisotopic (exact) mass is 269 g/mol. The summed E-state index contributed by atoms with van der Waals surface area (Å²) in [5.41, 5.74) is 5.70. The standard InChI is InChI=1S/C12H23N5O2/c1-6-11(2,3)7-12(4,5)14-10-8(9(13)15-18)16-19-17-10/h18H,6-7H2,1-5H3,(H2,13,15)(H,14,17). The maximum atomic E-state index is 8.68. The van der Waals surface area contributed by atoms with Crippen molar-refractivity contribution in [2.45, 2.75) is 53.0 Å². The quantitative estimate of drug-likeness (QED) is 0.316. The number of nitrogens with two attached hydrogens (primary N) is 1. The lowest BCUT2D eigenvalue weighted by Gasteiger charge is -2.35. The van der Waals surface area contributed by atoms with E-state index in [1.54, 1.807) is 0 Å². The van der Waals surface area contributed by atoms with Gasteiger partial charge in [-0.05, 0) is 36.0 Å². The molecule has 0 aromatic carbocycles. The van der Waals surface area contributed by atoms with E-state index in [-0.39, 0.29) is 22.5 Å². The van der Waals surface area contributed by atoms with Gasteiger partial charge >= 0.3 is 0 Å². The minimum absolute atomic E-state index is 0.130. The van der Waals surface area contributed by atoms with E-state index >= 15 is 0 Å². The maximum Gasteiger partial charge on any atom is 0.202 e. The van der Waals surface area contributed by atoms with Crippen LogP contribution in [-0.2, 0) is 0 Å². The Hall–Kier alpha value is -1.79. The molecule has 0 aliphatic carbocycles. The van der Waals surface area contributed by atoms with E-state index in [9.17, 15) is 0 Å². The Labute approximate surface area is 113 Å². The molecule has 108 valence electrons. The second-order valence-electron chi connectivity index (χ2n) is 6.15. The van der Waals surface area contributed by atoms with Crippen LogP contribution in [-0.4, -0.2) is 26.9 Å². The third-order valence-electron chi connectivity index (χ3n) is 3.17. The minimum atomic E-state index is -0.220. The first-order chi connectivity index (χ1) is 8.71. The lowest BCUT2D eigenvalue weighted by Crippen LogP contribution is -2.37. The molecule has 0 unspecified atom stereocenters. The predicted molar refractivity (Wildman–Crippen MR) is 73.2 cm³/mol. The summed E-state index contributed by atoms with van der Waals surface area (Å²) in [6.07, 6.45) is 2.00. The number of hydrogen-bond acceptors (Lipinski definition) is 6. The Balaban J connectivity index is 2.87. The average Bonchev–Trinajstić information content (AvgIpc) is 2.73. The highest BCUT2D eigenvalue weighted by Crippen LogP contribution is 2.32. The van der Waals surface area contributed by atoms with Gasteiger partial charge in [-0.2, -0.15) is 0 Å². The first-order valence-corrected chi connectivity index (χ1v) is 6.29. The summed E-state index contributed by atoms with van der Waals surface area (Å²) in [5.74, 6) is 0.251. The highest BCUT2D eigenvalue weighted by molar-refractivity contribution is 5.99. The molecular formula is C12H23N5O2. The third kappa shape index (κ3) is 4.11. The van der Waals surface area contributed by atoms with Crippen LogP contribution in [0.25, 0.3) is 0 Å². The highest BCUT2D eigenvalue weighted by atomic mass is 16.6. The lowest BCUT2D eigenvalue weighted by molar-refractivity contribution is 0.261. The maximum absolute atomic E-state index is 8.68. The molecule has 0 radical (unpaired) electrons. The summed E-state index contributed by atoms with van der Waals surface area (Å²) in [6, 6.07) is 0. The Bertz CT molecular complexity index is 451. The van der Waals surface area contributed by atoms with E-state index in [2.05, 4.69) is 60.0 Å². The van der Waals surface area contributed by atoms with Crippen molar-refractivity contribution in [2.75, 3.05) is 5.32 Å². The van der Waals surface area contributed by atoms with Gasteiger partial charge in [-0.3, -0.25) is 0 Å². The molecule has 0 aliphatic heterocycles. The molecule has 0 saturated carbocycles. The number of nitrogens with one attached hydrogen (secondary N) is 1. The largest absolute Gasteiger partial charge is 0.409 e. The molecule has 0 bridgehead atoms. The normalized spacial score (nSPS) is 13.6. The second-order valence-corrected chi connectivity index (χ2v) is 6.15. The Morgan fingerprint density at radius 3 is 2.53 bits per heavy atom. The number of amidine groups is 1. The molecular weight excluding hydrogens is 246 g/mol. The van der Waals surface area contributed by atoms with Gasteiger partial charge in [0.1, 0.15) is 0 Å². The molecule has 7 heteroatoms. The summed E-state index contributed by atoms with van der Waals surface area (Å²) in [7, 11) is 0. The predicted octanol–water partition coefficient (Wildman–Crippen LogP) is 2.18. The topological polar surface area (TPSA) is 110 Å². The molecule has 0 aliphatic rings. The van der Waals surface area contributed by atoms with Crippen molar-refractivity contribution >= 4 is 11.7 Å². The van der Waals surface area contributed by atoms with E-state index in [0.717, 1.165) is 12.8 Å². The van der Waals surface area contributed by atoms with Crippen LogP contribution in [0.4, 0.5) is 5.82 Å². The molecule has 1 rings (SSSR count). The fraction of sp³-hybridized carbons (Fsp3) is 0.750. The second kappa shape index (κ2) is 5.46. The fourth-order valence-electron chi connectivity index (χ4n) is 2.17. The van der Waals surface area contributed by atoms with Crippen LogP contribution in [0.1, 0.15) is 53.2 Å². The van der Waals surface area contributed by atoms with Crippen molar-refractivity contribution in [1.29, 1.82) is 0 Å². The summed E-state index contributed by atoms with van der Waals surface area (Å²) < 4.78 is 4.64. The zero-order chi connectivity index (χ0) is 14.7. The molecule has 7 nitrogen and oxygen atoms in total. The molecule has 1 aromatic rings. The first kappa shape index (κ1) is 15.3. The minimum Gasteiger partial charge on any atom is -0.409 e. The fourth-order valence-corrected chi connectivity index (χ4v) is 2.17. The highest BCUT2D eigenvalue weighted by Gasteiger charge is 2.29. The van der Waals surface area contributed by atoms with E-state index in [4.69, 9.17) is 10.9 Å². The lowest BCUT2D eigenvalue weighted by atomic mass is 9.78. The van der Waals surface area contributed by atoms with Gasteiger partial charge in [0.15, 0.2) is 11.5 Å². The molecule has 0 atom stereocenters. The Morgan fingerprint density at radius 1 is 1.37 bits per heavy atom. The van der Waals surface area contributed by atoms with Crippen LogP contribution in [0.2, 0.25) is 0 Å². The number of nitrogens with zero attached hydrogens (tertiary/aromatic N) is 3. The van der Waals surface area contributed by atoms with Crippen LogP contribution in [0.15, 0.2) is 9.78 Å². The van der Waals surface area contributed by atoms with E-state index in [1.165, 1.54) is 0 Å². The molecule has 0 saturated heterocycles. The molecule has 0 amide bonds. The Kier molecular flexibility index (Phi) is 4.39. The van der Waals surface area contributed by atoms with E-state index < -0.39 is 0 Å². The average molecular weight is 269 g/mol. The van der Waals surface area contributed by atoms with Crippen molar-refractivity contribution < 1.29 is 9.84 Å². The van der Waals surface area contributed by atoms with Crippen molar-refractivity contribution in [3.63, 3.8) is 0 Å². The summed E-state index contributed by atoms with van der Waals surface area (Å²) in [6.45, 7) is 10.7. The molecule has 0 spiro atoms. The van der Waals surface area contributed by atoms with Crippen LogP contribution in [0.3, 0.4) is 0 Å². The van der Waals surface area contributed by atoms with Crippen LogP contribution in [0.5, 0.6) is 0 Å². The van der Waals surface area contributed by atoms with Crippen LogP contribution >= 0.6 is 0 Å². The smallest absolute Gasteiger partial charge is 0.202 e. The number of aromatic nitrogens is 2. The van der Waals surface area contributed by atoms with Crippen LogP contribution in [0, 0.1) is 5.41 Å². The van der Waals surface area contributed by atoms with Gasteiger partial charge < -0.3 is 16.3 Å². The molecule has 1 aromatic heterocycles. The molecule has 0 fully saturated rings. The zero-order valence-corrected chi connectivity index (χ0v) is 12.2. The van der Waals surface area contributed by atoms with Gasteiger partial charge in [-0.25, -0.2) is 4.63 Å². The SMILES string of the molecule is CCC(C)(C)CC(C)(C)Nc1nonc1C(N)=NO. The van der Waals surface area contributed by atoms with Gasteiger partial charge in [-0.1, -0.05) is 32.3 Å². The summed E-state index contributed by atoms with van der Waals surface area (Å²) >= 11 is 0. The number of hydrogen-bond donors (Lipinski definition) is 3. The van der Waals surface area contributed by atoms with E-state index in [1.807, 2.05) is 0 Å². The van der Waals surface area contributed by atoms with Crippen molar-refractivity contribution in [2.24, 2.45) is 16.3 Å². The third-order valence-corrected chi connectivity index (χ3v) is 3.17.